The van der Waals surface area contributed by atoms with Gasteiger partial charge in [-0.25, -0.2) is 5.48 Å². The van der Waals surface area contributed by atoms with Gasteiger partial charge in [0.1, 0.15) is 11.9 Å². The number of benzene rings is 1. The molecular weight excluding hydrogens is 258 g/mol. The van der Waals surface area contributed by atoms with Gasteiger partial charge in [-0.15, -0.1) is 0 Å². The number of aliphatic imine (C=N–C) groups is 1. The van der Waals surface area contributed by atoms with Gasteiger partial charge in [-0.1, -0.05) is 18.2 Å². The van der Waals surface area contributed by atoms with Crippen molar-refractivity contribution in [3.05, 3.63) is 30.3 Å². The van der Waals surface area contributed by atoms with Crippen LogP contribution in [0, 0.1) is 0 Å². The molecule has 0 aromatic heterocycles. The highest BCUT2D eigenvalue weighted by atomic mass is 16.6. The molecule has 0 aliphatic heterocycles. The molecule has 0 heterocycles. The Balaban J connectivity index is 2.14. The van der Waals surface area contributed by atoms with Gasteiger partial charge in [0, 0.05) is 6.54 Å². The molecule has 0 amide bonds. The number of amidine groups is 1. The van der Waals surface area contributed by atoms with Crippen LogP contribution in [0.5, 0.6) is 5.75 Å². The van der Waals surface area contributed by atoms with Crippen LogP contribution in [-0.4, -0.2) is 29.5 Å². The molecule has 0 fully saturated rings. The third-order valence-electron chi connectivity index (χ3n) is 2.65. The van der Waals surface area contributed by atoms with Crippen molar-refractivity contribution in [1.29, 1.82) is 0 Å². The van der Waals surface area contributed by atoms with Crippen molar-refractivity contribution in [2.75, 3.05) is 6.54 Å². The van der Waals surface area contributed by atoms with E-state index in [1.54, 1.807) is 0 Å². The fraction of sp³-hybridized carbons (Fsp3) is 0.429. The number of rotatable bonds is 8. The summed E-state index contributed by atoms with van der Waals surface area (Å²) in [6.45, 7) is 2.43. The van der Waals surface area contributed by atoms with Gasteiger partial charge >= 0.3 is 5.97 Å². The minimum atomic E-state index is -0.956. The molecule has 1 unspecified atom stereocenters. The lowest BCUT2D eigenvalue weighted by molar-refractivity contribution is -0.138. The highest BCUT2D eigenvalue weighted by Crippen LogP contribution is 2.06. The van der Waals surface area contributed by atoms with E-state index in [1.165, 1.54) is 0 Å². The first-order valence-corrected chi connectivity index (χ1v) is 6.57. The summed E-state index contributed by atoms with van der Waals surface area (Å²) in [4.78, 5) is 20.1. The molecule has 0 spiro atoms. The summed E-state index contributed by atoms with van der Waals surface area (Å²) in [6, 6.07) is 8.58. The number of para-hydroxylation sites is 1. The van der Waals surface area contributed by atoms with Gasteiger partial charge < -0.3 is 15.7 Å². The quantitative estimate of drug-likeness (QED) is 0.290. The predicted molar refractivity (Wildman–Crippen MR) is 77.6 cm³/mol. The Kier molecular flexibility index (Phi) is 7.13. The van der Waals surface area contributed by atoms with E-state index < -0.39 is 12.0 Å². The van der Waals surface area contributed by atoms with Gasteiger partial charge in [0.2, 0.25) is 0 Å². The predicted octanol–water partition coefficient (Wildman–Crippen LogP) is 1.57. The molecule has 0 saturated heterocycles. The zero-order valence-corrected chi connectivity index (χ0v) is 11.6. The summed E-state index contributed by atoms with van der Waals surface area (Å²) >= 11 is 0. The second-order valence-electron chi connectivity index (χ2n) is 4.42. The number of nitrogens with one attached hydrogen (secondary N) is 1. The second kappa shape index (κ2) is 8.92. The Morgan fingerprint density at radius 2 is 2.10 bits per heavy atom. The van der Waals surface area contributed by atoms with Crippen LogP contribution in [0.2, 0.25) is 0 Å². The molecule has 1 aromatic carbocycles. The van der Waals surface area contributed by atoms with Crippen molar-refractivity contribution in [1.82, 2.24) is 5.48 Å². The average Bonchev–Trinajstić information content (AvgIpc) is 2.45. The summed E-state index contributed by atoms with van der Waals surface area (Å²) in [6.07, 6.45) is 2.01. The van der Waals surface area contributed by atoms with Gasteiger partial charge in [0.05, 0.1) is 0 Å². The van der Waals surface area contributed by atoms with Crippen LogP contribution >= 0.6 is 0 Å². The number of hydrogen-bond acceptors (Lipinski definition) is 4. The molecule has 6 heteroatoms. The van der Waals surface area contributed by atoms with Crippen LogP contribution in [0.3, 0.4) is 0 Å². The van der Waals surface area contributed by atoms with E-state index in [-0.39, 0.29) is 0 Å². The van der Waals surface area contributed by atoms with Gasteiger partial charge in [0.15, 0.2) is 5.75 Å². The number of nitrogens with two attached hydrogens (primary N) is 1. The fourth-order valence-corrected chi connectivity index (χ4v) is 1.50. The number of hydroxylamine groups is 1. The lowest BCUT2D eigenvalue weighted by Gasteiger charge is -2.07. The third kappa shape index (κ3) is 6.75. The van der Waals surface area contributed by atoms with Gasteiger partial charge in [-0.2, -0.15) is 0 Å². The van der Waals surface area contributed by atoms with Gasteiger partial charge in [-0.3, -0.25) is 9.79 Å². The summed E-state index contributed by atoms with van der Waals surface area (Å²) in [5.74, 6) is 0.438. The van der Waals surface area contributed by atoms with E-state index in [4.69, 9.17) is 15.7 Å². The molecule has 1 aromatic rings. The number of carboxylic acid groups (broad SMARTS) is 1. The zero-order valence-electron chi connectivity index (χ0n) is 11.6. The molecule has 0 aliphatic rings. The van der Waals surface area contributed by atoms with Gasteiger partial charge in [-0.05, 0) is 38.3 Å². The Morgan fingerprint density at radius 3 is 2.75 bits per heavy atom. The lowest BCUT2D eigenvalue weighted by Crippen LogP contribution is -2.29. The number of hydrogen-bond donors (Lipinski definition) is 3. The van der Waals surface area contributed by atoms with E-state index >= 15 is 0 Å². The first kappa shape index (κ1) is 16.0. The molecule has 0 radical (unpaired) electrons. The minimum absolute atomic E-state index is 0.470. The molecule has 0 aliphatic carbocycles. The molecule has 110 valence electrons. The van der Waals surface area contributed by atoms with Crippen molar-refractivity contribution in [3.63, 3.8) is 0 Å². The first-order chi connectivity index (χ1) is 9.59. The van der Waals surface area contributed by atoms with Crippen LogP contribution in [0.25, 0.3) is 0 Å². The summed E-state index contributed by atoms with van der Waals surface area (Å²) < 4.78 is 0. The molecule has 20 heavy (non-hydrogen) atoms. The second-order valence-corrected chi connectivity index (χ2v) is 4.42. The van der Waals surface area contributed by atoms with Crippen molar-refractivity contribution < 1.29 is 14.7 Å². The maximum absolute atomic E-state index is 10.5. The standard InChI is InChI=1S/C14H21N3O3/c1-11(17-20-12-7-3-2-4-8-12)16-10-6-5-9-13(15)14(18)19/h2-4,7-8,13H,5-6,9-10,15H2,1H3,(H,16,17)(H,18,19). The molecule has 0 bridgehead atoms. The smallest absolute Gasteiger partial charge is 0.320 e. The largest absolute Gasteiger partial charge is 0.480 e. The topological polar surface area (TPSA) is 96.9 Å². The average molecular weight is 279 g/mol. The number of aliphatic carboxylic acids is 1. The third-order valence-corrected chi connectivity index (χ3v) is 2.65. The van der Waals surface area contributed by atoms with E-state index in [0.717, 1.165) is 18.6 Å². The highest BCUT2D eigenvalue weighted by molar-refractivity contribution is 5.78. The summed E-state index contributed by atoms with van der Waals surface area (Å²) in [5, 5.41) is 8.63. The van der Waals surface area contributed by atoms with E-state index in [2.05, 4.69) is 10.5 Å². The molecule has 6 nitrogen and oxygen atoms in total. The summed E-state index contributed by atoms with van der Waals surface area (Å²) in [5.41, 5.74) is 8.15. The maximum atomic E-state index is 10.5. The van der Waals surface area contributed by atoms with Crippen molar-refractivity contribution >= 4 is 11.8 Å². The van der Waals surface area contributed by atoms with Crippen LogP contribution in [0.15, 0.2) is 35.3 Å². The van der Waals surface area contributed by atoms with Crippen LogP contribution in [-0.2, 0) is 4.79 Å². The fourth-order valence-electron chi connectivity index (χ4n) is 1.50. The Morgan fingerprint density at radius 1 is 1.40 bits per heavy atom. The number of carbonyl (C=O) groups is 1. The SMILES string of the molecule is CC(=NCCCCC(N)C(=O)O)NOc1ccccc1. The normalized spacial score (nSPS) is 12.8. The van der Waals surface area contributed by atoms with Crippen LogP contribution in [0.1, 0.15) is 26.2 Å². The monoisotopic (exact) mass is 279 g/mol. The molecular formula is C14H21N3O3. The highest BCUT2D eigenvalue weighted by Gasteiger charge is 2.09. The molecule has 1 rings (SSSR count). The van der Waals surface area contributed by atoms with Crippen molar-refractivity contribution in [2.45, 2.75) is 32.2 Å². The number of nitrogens with zero attached hydrogens (tertiary/aromatic N) is 1. The number of carboxylic acids is 1. The Hall–Kier alpha value is -2.08. The van der Waals surface area contributed by atoms with E-state index in [9.17, 15) is 4.79 Å². The van der Waals surface area contributed by atoms with Crippen LogP contribution in [0.4, 0.5) is 0 Å². The Bertz CT molecular complexity index is 435. The van der Waals surface area contributed by atoms with E-state index in [1.807, 2.05) is 37.3 Å². The Labute approximate surface area is 118 Å². The number of unbranched alkanes of at least 4 members (excludes halogenated alkanes) is 1. The first-order valence-electron chi connectivity index (χ1n) is 6.57. The summed E-state index contributed by atoms with van der Waals surface area (Å²) in [7, 11) is 0. The minimum Gasteiger partial charge on any atom is -0.480 e. The van der Waals surface area contributed by atoms with Crippen molar-refractivity contribution in [2.24, 2.45) is 10.7 Å². The maximum Gasteiger partial charge on any atom is 0.320 e. The molecule has 4 N–H and O–H groups in total. The van der Waals surface area contributed by atoms with Gasteiger partial charge in [0.25, 0.3) is 0 Å². The molecule has 1 atom stereocenters. The lowest BCUT2D eigenvalue weighted by atomic mass is 10.1. The zero-order chi connectivity index (χ0) is 14.8. The molecule has 0 saturated carbocycles. The van der Waals surface area contributed by atoms with E-state index in [0.29, 0.717) is 18.8 Å². The van der Waals surface area contributed by atoms with Crippen LogP contribution < -0.4 is 16.1 Å². The van der Waals surface area contributed by atoms with Crippen molar-refractivity contribution in [3.8, 4) is 5.75 Å².